The molecule has 1 aliphatic carbocycles. The predicted molar refractivity (Wildman–Crippen MR) is 96.5 cm³/mol. The second-order valence-corrected chi connectivity index (χ2v) is 6.60. The molecule has 1 fully saturated rings. The Balaban J connectivity index is 1.49. The Morgan fingerprint density at radius 3 is 2.39 bits per heavy atom. The molecule has 0 spiro atoms. The first-order chi connectivity index (χ1) is 11.1. The smallest absolute Gasteiger partial charge is 0.227 e. The fourth-order valence-corrected chi connectivity index (χ4v) is 2.83. The van der Waals surface area contributed by atoms with E-state index >= 15 is 0 Å². The molecule has 3 rings (SSSR count). The molecule has 0 aromatic heterocycles. The number of halogens is 2. The number of carbonyl (C=O) groups excluding carboxylic acids is 1. The maximum absolute atomic E-state index is 11.7. The summed E-state index contributed by atoms with van der Waals surface area (Å²) in [6, 6.07) is 13.3. The van der Waals surface area contributed by atoms with Gasteiger partial charge >= 0.3 is 0 Å². The Morgan fingerprint density at radius 2 is 1.74 bits per heavy atom. The topological polar surface area (TPSA) is 41.1 Å². The van der Waals surface area contributed by atoms with E-state index in [-0.39, 0.29) is 11.8 Å². The van der Waals surface area contributed by atoms with Crippen LogP contribution in [0.4, 0.5) is 11.4 Å². The lowest BCUT2D eigenvalue weighted by Gasteiger charge is -2.09. The fourth-order valence-electron chi connectivity index (χ4n) is 2.33. The average Bonchev–Trinajstić information content (AvgIpc) is 3.36. The minimum atomic E-state index is 0.128. The molecular formula is C18H18Cl2N2O. The third-order valence-corrected chi connectivity index (χ3v) is 4.43. The quantitative estimate of drug-likeness (QED) is 0.771. The summed E-state index contributed by atoms with van der Waals surface area (Å²) in [6.07, 6.45) is 2.84. The molecule has 1 aliphatic rings. The molecule has 23 heavy (non-hydrogen) atoms. The Bertz CT molecular complexity index is 697. The summed E-state index contributed by atoms with van der Waals surface area (Å²) in [7, 11) is 0. The molecule has 2 N–H and O–H groups in total. The first-order valence-corrected chi connectivity index (χ1v) is 8.46. The Morgan fingerprint density at radius 1 is 1.04 bits per heavy atom. The van der Waals surface area contributed by atoms with Crippen molar-refractivity contribution in [1.29, 1.82) is 0 Å². The molecule has 0 radical (unpaired) electrons. The van der Waals surface area contributed by atoms with Crippen LogP contribution in [0.25, 0.3) is 0 Å². The Hall–Kier alpha value is -1.71. The van der Waals surface area contributed by atoms with E-state index in [1.54, 1.807) is 6.07 Å². The molecule has 1 saturated carbocycles. The standard InChI is InChI=1S/C18H18Cl2N2O/c19-14-4-3-12(17(20)11-14)9-10-21-15-5-7-16(8-6-15)22-18(23)13-1-2-13/h3-8,11,13,21H,1-2,9-10H2,(H,22,23). The minimum absolute atomic E-state index is 0.128. The molecule has 1 amide bonds. The second-order valence-electron chi connectivity index (χ2n) is 5.75. The van der Waals surface area contributed by atoms with Gasteiger partial charge in [-0.25, -0.2) is 0 Å². The van der Waals surface area contributed by atoms with Crippen LogP contribution in [0.15, 0.2) is 42.5 Å². The number of nitrogens with one attached hydrogen (secondary N) is 2. The molecule has 5 heteroatoms. The van der Waals surface area contributed by atoms with Crippen LogP contribution in [0.1, 0.15) is 18.4 Å². The predicted octanol–water partition coefficient (Wildman–Crippen LogP) is 5.00. The zero-order chi connectivity index (χ0) is 16.2. The highest BCUT2D eigenvalue weighted by atomic mass is 35.5. The van der Waals surface area contributed by atoms with Gasteiger partial charge in [0.05, 0.1) is 0 Å². The second kappa shape index (κ2) is 7.24. The van der Waals surface area contributed by atoms with Crippen LogP contribution in [0.2, 0.25) is 10.0 Å². The summed E-state index contributed by atoms with van der Waals surface area (Å²) >= 11 is 12.0. The first-order valence-electron chi connectivity index (χ1n) is 7.70. The average molecular weight is 349 g/mol. The molecule has 2 aromatic carbocycles. The van der Waals surface area contributed by atoms with Gasteiger partial charge in [-0.1, -0.05) is 29.3 Å². The highest BCUT2D eigenvalue weighted by Gasteiger charge is 2.29. The van der Waals surface area contributed by atoms with E-state index in [4.69, 9.17) is 23.2 Å². The van der Waals surface area contributed by atoms with Gasteiger partial charge in [-0.3, -0.25) is 4.79 Å². The van der Waals surface area contributed by atoms with Crippen molar-refractivity contribution < 1.29 is 4.79 Å². The lowest BCUT2D eigenvalue weighted by atomic mass is 10.1. The van der Waals surface area contributed by atoms with E-state index in [0.717, 1.165) is 42.7 Å². The molecule has 0 atom stereocenters. The zero-order valence-corrected chi connectivity index (χ0v) is 14.1. The van der Waals surface area contributed by atoms with Crippen molar-refractivity contribution in [3.8, 4) is 0 Å². The number of carbonyl (C=O) groups is 1. The largest absolute Gasteiger partial charge is 0.385 e. The first kappa shape index (κ1) is 16.2. The molecule has 0 saturated heterocycles. The molecule has 0 bridgehead atoms. The van der Waals surface area contributed by atoms with Gasteiger partial charge in [-0.2, -0.15) is 0 Å². The third kappa shape index (κ3) is 4.63. The number of hydrogen-bond donors (Lipinski definition) is 2. The van der Waals surface area contributed by atoms with Gasteiger partial charge in [-0.05, 0) is 61.2 Å². The summed E-state index contributed by atoms with van der Waals surface area (Å²) in [5.41, 5.74) is 2.92. The van der Waals surface area contributed by atoms with Gasteiger partial charge in [0.2, 0.25) is 5.91 Å². The molecule has 120 valence electrons. The third-order valence-electron chi connectivity index (χ3n) is 3.84. The van der Waals surface area contributed by atoms with E-state index in [2.05, 4.69) is 10.6 Å². The number of anilines is 2. The zero-order valence-electron chi connectivity index (χ0n) is 12.6. The molecule has 0 unspecified atom stereocenters. The van der Waals surface area contributed by atoms with Crippen molar-refractivity contribution in [3.05, 3.63) is 58.1 Å². The van der Waals surface area contributed by atoms with Crippen LogP contribution >= 0.6 is 23.2 Å². The fraction of sp³-hybridized carbons (Fsp3) is 0.278. The summed E-state index contributed by atoms with van der Waals surface area (Å²) in [6.45, 7) is 0.773. The summed E-state index contributed by atoms with van der Waals surface area (Å²) < 4.78 is 0. The van der Waals surface area contributed by atoms with Gasteiger partial charge < -0.3 is 10.6 Å². The van der Waals surface area contributed by atoms with E-state index in [0.29, 0.717) is 10.0 Å². The maximum atomic E-state index is 11.7. The Kier molecular flexibility index (Phi) is 5.09. The molecule has 0 aliphatic heterocycles. The lowest BCUT2D eigenvalue weighted by molar-refractivity contribution is -0.117. The summed E-state index contributed by atoms with van der Waals surface area (Å²) in [5, 5.41) is 7.62. The summed E-state index contributed by atoms with van der Waals surface area (Å²) in [5.74, 6) is 0.347. The van der Waals surface area contributed by atoms with Crippen molar-refractivity contribution in [2.75, 3.05) is 17.2 Å². The monoisotopic (exact) mass is 348 g/mol. The number of benzene rings is 2. The van der Waals surface area contributed by atoms with E-state index in [1.807, 2.05) is 36.4 Å². The number of rotatable bonds is 6. The SMILES string of the molecule is O=C(Nc1ccc(NCCc2ccc(Cl)cc2Cl)cc1)C1CC1. The maximum Gasteiger partial charge on any atom is 0.227 e. The van der Waals surface area contributed by atoms with E-state index in [1.165, 1.54) is 0 Å². The van der Waals surface area contributed by atoms with Crippen molar-refractivity contribution >= 4 is 40.5 Å². The van der Waals surface area contributed by atoms with Gasteiger partial charge in [0, 0.05) is 33.9 Å². The summed E-state index contributed by atoms with van der Waals surface area (Å²) in [4.78, 5) is 11.7. The highest BCUT2D eigenvalue weighted by molar-refractivity contribution is 6.35. The van der Waals surface area contributed by atoms with Gasteiger partial charge in [0.25, 0.3) is 0 Å². The minimum Gasteiger partial charge on any atom is -0.385 e. The van der Waals surface area contributed by atoms with Crippen LogP contribution in [-0.4, -0.2) is 12.5 Å². The van der Waals surface area contributed by atoms with Gasteiger partial charge in [0.1, 0.15) is 0 Å². The molecule has 2 aromatic rings. The van der Waals surface area contributed by atoms with Crippen LogP contribution in [0.3, 0.4) is 0 Å². The number of hydrogen-bond acceptors (Lipinski definition) is 2. The van der Waals surface area contributed by atoms with Crippen LogP contribution in [0, 0.1) is 5.92 Å². The van der Waals surface area contributed by atoms with Gasteiger partial charge in [0.15, 0.2) is 0 Å². The number of amides is 1. The lowest BCUT2D eigenvalue weighted by Crippen LogP contribution is -2.13. The molecular weight excluding hydrogens is 331 g/mol. The van der Waals surface area contributed by atoms with Crippen molar-refractivity contribution in [2.24, 2.45) is 5.92 Å². The van der Waals surface area contributed by atoms with Crippen molar-refractivity contribution in [2.45, 2.75) is 19.3 Å². The van der Waals surface area contributed by atoms with Crippen molar-refractivity contribution in [3.63, 3.8) is 0 Å². The van der Waals surface area contributed by atoms with Crippen LogP contribution in [-0.2, 0) is 11.2 Å². The Labute approximate surface area is 146 Å². The van der Waals surface area contributed by atoms with Crippen LogP contribution in [0.5, 0.6) is 0 Å². The van der Waals surface area contributed by atoms with E-state index < -0.39 is 0 Å². The van der Waals surface area contributed by atoms with Gasteiger partial charge in [-0.15, -0.1) is 0 Å². The molecule has 0 heterocycles. The van der Waals surface area contributed by atoms with Crippen molar-refractivity contribution in [1.82, 2.24) is 0 Å². The van der Waals surface area contributed by atoms with E-state index in [9.17, 15) is 4.79 Å². The molecule has 3 nitrogen and oxygen atoms in total. The van der Waals surface area contributed by atoms with Crippen LogP contribution < -0.4 is 10.6 Å². The normalized spacial score (nSPS) is 13.7. The highest BCUT2D eigenvalue weighted by Crippen LogP contribution is 2.30.